The summed E-state index contributed by atoms with van der Waals surface area (Å²) in [5.41, 5.74) is 6.08. The average Bonchev–Trinajstić information content (AvgIpc) is 2.37. The smallest absolute Gasteiger partial charge is 0.241 e. The van der Waals surface area contributed by atoms with E-state index >= 15 is 0 Å². The average molecular weight is 313 g/mol. The standard InChI is InChI=1S/C12H15N3O5S/c13-9-2-1-3-10(6-9)20-4-5-21(18,19)15-7-11(16)14-12(17)8-15/h1-3,6H,4-5,7-8,13H2,(H,14,16,17). The number of nitrogen functional groups attached to an aromatic ring is 1. The molecule has 0 radical (unpaired) electrons. The zero-order valence-corrected chi connectivity index (χ0v) is 11.9. The summed E-state index contributed by atoms with van der Waals surface area (Å²) in [6.45, 7) is -0.809. The van der Waals surface area contributed by atoms with E-state index in [2.05, 4.69) is 0 Å². The van der Waals surface area contributed by atoms with Gasteiger partial charge in [0.1, 0.15) is 12.4 Å². The number of nitrogens with one attached hydrogen (secondary N) is 1. The molecule has 3 N–H and O–H groups in total. The molecule has 1 fully saturated rings. The molecule has 0 bridgehead atoms. The molecular formula is C12H15N3O5S. The summed E-state index contributed by atoms with van der Waals surface area (Å²) in [6, 6.07) is 6.60. The van der Waals surface area contributed by atoms with E-state index in [1.165, 1.54) is 0 Å². The first-order chi connectivity index (χ1) is 9.87. The lowest BCUT2D eigenvalue weighted by Crippen LogP contribution is -2.54. The highest BCUT2D eigenvalue weighted by molar-refractivity contribution is 7.89. The molecule has 8 nitrogen and oxygen atoms in total. The van der Waals surface area contributed by atoms with Gasteiger partial charge in [-0.25, -0.2) is 8.42 Å². The van der Waals surface area contributed by atoms with Gasteiger partial charge >= 0.3 is 0 Å². The minimum absolute atomic E-state index is 0.0991. The lowest BCUT2D eigenvalue weighted by molar-refractivity contribution is -0.134. The van der Waals surface area contributed by atoms with Crippen LogP contribution < -0.4 is 15.8 Å². The maximum atomic E-state index is 12.0. The topological polar surface area (TPSA) is 119 Å². The molecule has 1 saturated heterocycles. The summed E-state index contributed by atoms with van der Waals surface area (Å²) in [5, 5.41) is 2.04. The Bertz CT molecular complexity index is 643. The van der Waals surface area contributed by atoms with Gasteiger partial charge < -0.3 is 10.5 Å². The normalized spacial score (nSPS) is 16.6. The third-order valence-electron chi connectivity index (χ3n) is 2.78. The zero-order valence-electron chi connectivity index (χ0n) is 11.1. The van der Waals surface area contributed by atoms with E-state index in [9.17, 15) is 18.0 Å². The number of imide groups is 1. The van der Waals surface area contributed by atoms with Crippen molar-refractivity contribution in [3.63, 3.8) is 0 Å². The Kier molecular flexibility index (Phi) is 4.43. The summed E-state index contributed by atoms with van der Waals surface area (Å²) in [6.07, 6.45) is 0. The summed E-state index contributed by atoms with van der Waals surface area (Å²) < 4.78 is 30.2. The first-order valence-corrected chi connectivity index (χ1v) is 7.76. The Morgan fingerprint density at radius 1 is 1.24 bits per heavy atom. The highest BCUT2D eigenvalue weighted by Gasteiger charge is 2.31. The van der Waals surface area contributed by atoms with E-state index in [4.69, 9.17) is 10.5 Å². The van der Waals surface area contributed by atoms with Crippen molar-refractivity contribution >= 4 is 27.5 Å². The molecule has 0 saturated carbocycles. The van der Waals surface area contributed by atoms with Crippen molar-refractivity contribution in [2.45, 2.75) is 0 Å². The van der Waals surface area contributed by atoms with Crippen LogP contribution in [0, 0.1) is 0 Å². The molecule has 1 aliphatic rings. The predicted octanol–water partition coefficient (Wildman–Crippen LogP) is -1.06. The number of carbonyl (C=O) groups excluding carboxylic acids is 2. The first kappa shape index (κ1) is 15.3. The van der Waals surface area contributed by atoms with E-state index in [0.717, 1.165) is 4.31 Å². The predicted molar refractivity (Wildman–Crippen MR) is 74.9 cm³/mol. The maximum Gasteiger partial charge on any atom is 0.241 e. The van der Waals surface area contributed by atoms with Crippen molar-refractivity contribution in [2.75, 3.05) is 31.2 Å². The molecule has 114 valence electrons. The van der Waals surface area contributed by atoms with Gasteiger partial charge in [0, 0.05) is 11.8 Å². The number of carbonyl (C=O) groups is 2. The highest BCUT2D eigenvalue weighted by atomic mass is 32.2. The molecule has 0 aromatic heterocycles. The monoisotopic (exact) mass is 313 g/mol. The van der Waals surface area contributed by atoms with Crippen LogP contribution >= 0.6 is 0 Å². The van der Waals surface area contributed by atoms with Gasteiger partial charge in [0.25, 0.3) is 0 Å². The lowest BCUT2D eigenvalue weighted by Gasteiger charge is -2.24. The van der Waals surface area contributed by atoms with E-state index < -0.39 is 21.8 Å². The van der Waals surface area contributed by atoms with Crippen LogP contribution in [0.25, 0.3) is 0 Å². The molecule has 0 unspecified atom stereocenters. The number of hydrogen-bond donors (Lipinski definition) is 2. The fourth-order valence-corrected chi connectivity index (χ4v) is 2.99. The number of anilines is 1. The Labute approximate surface area is 121 Å². The van der Waals surface area contributed by atoms with Crippen molar-refractivity contribution in [3.05, 3.63) is 24.3 Å². The van der Waals surface area contributed by atoms with Crippen LogP contribution in [0.3, 0.4) is 0 Å². The molecule has 1 aliphatic heterocycles. The second kappa shape index (κ2) is 6.10. The van der Waals surface area contributed by atoms with E-state index in [1.807, 2.05) is 5.32 Å². The summed E-state index contributed by atoms with van der Waals surface area (Å²) in [5.74, 6) is -1.14. The summed E-state index contributed by atoms with van der Waals surface area (Å²) >= 11 is 0. The molecule has 2 rings (SSSR count). The largest absolute Gasteiger partial charge is 0.492 e. The first-order valence-electron chi connectivity index (χ1n) is 6.16. The number of nitrogens with two attached hydrogens (primary N) is 1. The molecular weight excluding hydrogens is 298 g/mol. The molecule has 21 heavy (non-hydrogen) atoms. The molecule has 1 heterocycles. The van der Waals surface area contributed by atoms with Gasteiger partial charge in [-0.1, -0.05) is 6.07 Å². The molecule has 0 aliphatic carbocycles. The van der Waals surface area contributed by atoms with Gasteiger partial charge in [0.15, 0.2) is 0 Å². The molecule has 1 aromatic carbocycles. The minimum Gasteiger partial charge on any atom is -0.492 e. The fourth-order valence-electron chi connectivity index (χ4n) is 1.81. The van der Waals surface area contributed by atoms with Crippen LogP contribution in [0.15, 0.2) is 24.3 Å². The SMILES string of the molecule is Nc1cccc(OCCS(=O)(=O)N2CC(=O)NC(=O)C2)c1. The number of benzene rings is 1. The van der Waals surface area contributed by atoms with Crippen LogP contribution in [0.1, 0.15) is 0 Å². The maximum absolute atomic E-state index is 12.0. The van der Waals surface area contributed by atoms with E-state index in [-0.39, 0.29) is 25.4 Å². The Balaban J connectivity index is 1.92. The Hall–Kier alpha value is -2.13. The number of ether oxygens (including phenoxy) is 1. The number of rotatable bonds is 5. The van der Waals surface area contributed by atoms with Crippen molar-refractivity contribution in [1.29, 1.82) is 0 Å². The highest BCUT2D eigenvalue weighted by Crippen LogP contribution is 2.14. The Morgan fingerprint density at radius 3 is 2.52 bits per heavy atom. The van der Waals surface area contributed by atoms with Crippen LogP contribution in [-0.4, -0.2) is 50.0 Å². The number of hydrogen-bond acceptors (Lipinski definition) is 6. The van der Waals surface area contributed by atoms with Crippen molar-refractivity contribution < 1.29 is 22.7 Å². The zero-order chi connectivity index (χ0) is 15.5. The molecule has 0 atom stereocenters. The third-order valence-corrected chi connectivity index (χ3v) is 4.51. The fraction of sp³-hybridized carbons (Fsp3) is 0.333. The van der Waals surface area contributed by atoms with Gasteiger partial charge in [-0.2, -0.15) is 4.31 Å². The van der Waals surface area contributed by atoms with Crippen molar-refractivity contribution in [3.8, 4) is 5.75 Å². The number of nitrogens with zero attached hydrogens (tertiary/aromatic N) is 1. The third kappa shape index (κ3) is 4.17. The molecule has 1 aromatic rings. The number of amides is 2. The van der Waals surface area contributed by atoms with Gasteiger partial charge in [-0.05, 0) is 12.1 Å². The minimum atomic E-state index is -3.73. The number of sulfonamides is 1. The summed E-state index contributed by atoms with van der Waals surface area (Å²) in [4.78, 5) is 22.4. The van der Waals surface area contributed by atoms with Gasteiger partial charge in [-0.3, -0.25) is 14.9 Å². The van der Waals surface area contributed by atoms with Gasteiger partial charge in [0.2, 0.25) is 21.8 Å². The van der Waals surface area contributed by atoms with Crippen molar-refractivity contribution in [1.82, 2.24) is 9.62 Å². The second-order valence-electron chi connectivity index (χ2n) is 4.48. The Morgan fingerprint density at radius 2 is 1.90 bits per heavy atom. The van der Waals surface area contributed by atoms with Gasteiger partial charge in [0.05, 0.1) is 18.8 Å². The van der Waals surface area contributed by atoms with Crippen LogP contribution in [0.5, 0.6) is 5.75 Å². The van der Waals surface area contributed by atoms with E-state index in [1.54, 1.807) is 24.3 Å². The van der Waals surface area contributed by atoms with Crippen LogP contribution in [0.4, 0.5) is 5.69 Å². The quantitative estimate of drug-likeness (QED) is 0.528. The molecule has 0 spiro atoms. The lowest BCUT2D eigenvalue weighted by atomic mass is 10.3. The van der Waals surface area contributed by atoms with Crippen molar-refractivity contribution in [2.24, 2.45) is 0 Å². The second-order valence-corrected chi connectivity index (χ2v) is 6.56. The molecule has 2 amide bonds. The number of piperazine rings is 1. The van der Waals surface area contributed by atoms with Crippen LogP contribution in [-0.2, 0) is 19.6 Å². The summed E-state index contributed by atoms with van der Waals surface area (Å²) in [7, 11) is -3.73. The van der Waals surface area contributed by atoms with Crippen LogP contribution in [0.2, 0.25) is 0 Å². The van der Waals surface area contributed by atoms with E-state index in [0.29, 0.717) is 11.4 Å². The van der Waals surface area contributed by atoms with Gasteiger partial charge in [-0.15, -0.1) is 0 Å². The molecule has 9 heteroatoms.